The highest BCUT2D eigenvalue weighted by atomic mass is 16.5. The van der Waals surface area contributed by atoms with Crippen molar-refractivity contribution in [3.63, 3.8) is 0 Å². The van der Waals surface area contributed by atoms with Gasteiger partial charge in [0.15, 0.2) is 5.69 Å². The maximum absolute atomic E-state index is 12.2. The first-order valence-corrected chi connectivity index (χ1v) is 7.70. The minimum absolute atomic E-state index is 0.169. The largest absolute Gasteiger partial charge is 0.461 e. The number of hydrogen-bond acceptors (Lipinski definition) is 7. The molecule has 3 rings (SSSR count). The zero-order chi connectivity index (χ0) is 17.1. The lowest BCUT2D eigenvalue weighted by molar-refractivity contribution is 0.0519. The number of rotatable bonds is 5. The zero-order valence-corrected chi connectivity index (χ0v) is 13.8. The van der Waals surface area contributed by atoms with Crippen LogP contribution in [0.1, 0.15) is 34.4 Å². The minimum atomic E-state index is -0.503. The molecule has 2 heterocycles. The molecule has 0 atom stereocenters. The van der Waals surface area contributed by atoms with Crippen LogP contribution >= 0.6 is 0 Å². The maximum Gasteiger partial charge on any atom is 0.361 e. The molecule has 0 aliphatic rings. The van der Waals surface area contributed by atoms with E-state index < -0.39 is 5.97 Å². The van der Waals surface area contributed by atoms with Gasteiger partial charge in [0, 0.05) is 17.5 Å². The van der Waals surface area contributed by atoms with Gasteiger partial charge in [0.05, 0.1) is 23.5 Å². The quantitative estimate of drug-likeness (QED) is 0.721. The molecule has 3 aromatic rings. The van der Waals surface area contributed by atoms with Crippen LogP contribution in [0.4, 0.5) is 5.69 Å². The first-order valence-electron chi connectivity index (χ1n) is 7.70. The molecule has 0 radical (unpaired) electrons. The SMILES string of the molecule is CCOC(=O)c1nnc2ccccc2c1NCc1c(C)noc1C. The number of hydrogen-bond donors (Lipinski definition) is 1. The number of aromatic nitrogens is 3. The van der Waals surface area contributed by atoms with Crippen molar-refractivity contribution in [1.29, 1.82) is 0 Å². The van der Waals surface area contributed by atoms with E-state index in [1.54, 1.807) is 6.92 Å². The molecule has 0 spiro atoms. The molecule has 0 aliphatic carbocycles. The van der Waals surface area contributed by atoms with Gasteiger partial charge in [0.1, 0.15) is 5.76 Å². The Morgan fingerprint density at radius 1 is 1.25 bits per heavy atom. The standard InChI is InChI=1S/C17H18N4O3/c1-4-23-17(22)16-15(12-7-5-6-8-14(12)19-20-16)18-9-13-10(2)21-24-11(13)3/h5-8H,4,9H2,1-3H3,(H,18,19). The van der Waals surface area contributed by atoms with Crippen LogP contribution in [0.15, 0.2) is 28.8 Å². The summed E-state index contributed by atoms with van der Waals surface area (Å²) in [6.07, 6.45) is 0. The summed E-state index contributed by atoms with van der Waals surface area (Å²) in [5.41, 5.74) is 3.22. The Morgan fingerprint density at radius 3 is 2.75 bits per heavy atom. The van der Waals surface area contributed by atoms with Gasteiger partial charge in [-0.15, -0.1) is 10.2 Å². The molecule has 0 fully saturated rings. The second kappa shape index (κ2) is 6.66. The van der Waals surface area contributed by atoms with Crippen molar-refractivity contribution in [2.45, 2.75) is 27.3 Å². The van der Waals surface area contributed by atoms with Crippen molar-refractivity contribution in [3.8, 4) is 0 Å². The number of benzene rings is 1. The summed E-state index contributed by atoms with van der Waals surface area (Å²) in [6.45, 7) is 6.22. The van der Waals surface area contributed by atoms with E-state index in [-0.39, 0.29) is 12.3 Å². The second-order valence-electron chi connectivity index (χ2n) is 5.32. The van der Waals surface area contributed by atoms with Gasteiger partial charge >= 0.3 is 5.97 Å². The van der Waals surface area contributed by atoms with Crippen molar-refractivity contribution in [3.05, 3.63) is 47.0 Å². The highest BCUT2D eigenvalue weighted by molar-refractivity contribution is 6.03. The average Bonchev–Trinajstić information content (AvgIpc) is 2.91. The van der Waals surface area contributed by atoms with Crippen LogP contribution in [0, 0.1) is 13.8 Å². The Balaban J connectivity index is 2.03. The molecular formula is C17H18N4O3. The zero-order valence-electron chi connectivity index (χ0n) is 13.8. The third-order valence-electron chi connectivity index (χ3n) is 3.76. The number of carbonyl (C=O) groups excluding carboxylic acids is 1. The van der Waals surface area contributed by atoms with Gasteiger partial charge in [-0.25, -0.2) is 4.79 Å². The molecule has 7 nitrogen and oxygen atoms in total. The molecule has 24 heavy (non-hydrogen) atoms. The van der Waals surface area contributed by atoms with Crippen molar-refractivity contribution in [2.75, 3.05) is 11.9 Å². The minimum Gasteiger partial charge on any atom is -0.461 e. The summed E-state index contributed by atoms with van der Waals surface area (Å²) in [4.78, 5) is 12.2. The number of fused-ring (bicyclic) bond motifs is 1. The van der Waals surface area contributed by atoms with Gasteiger partial charge in [-0.3, -0.25) is 0 Å². The van der Waals surface area contributed by atoms with Gasteiger partial charge in [0.2, 0.25) is 0 Å². The smallest absolute Gasteiger partial charge is 0.361 e. The molecule has 0 aliphatic heterocycles. The van der Waals surface area contributed by atoms with E-state index in [1.807, 2.05) is 38.1 Å². The third kappa shape index (κ3) is 2.92. The summed E-state index contributed by atoms with van der Waals surface area (Å²) in [7, 11) is 0. The van der Waals surface area contributed by atoms with Crippen LogP contribution in [-0.4, -0.2) is 27.9 Å². The van der Waals surface area contributed by atoms with Crippen LogP contribution in [0.2, 0.25) is 0 Å². The summed E-state index contributed by atoms with van der Waals surface area (Å²) in [5, 5.41) is 16.2. The van der Waals surface area contributed by atoms with E-state index in [0.717, 1.165) is 22.4 Å². The summed E-state index contributed by atoms with van der Waals surface area (Å²) >= 11 is 0. The average molecular weight is 326 g/mol. The van der Waals surface area contributed by atoms with Crippen LogP contribution in [0.3, 0.4) is 0 Å². The lowest BCUT2D eigenvalue weighted by Gasteiger charge is -2.12. The summed E-state index contributed by atoms with van der Waals surface area (Å²) in [5.74, 6) is 0.237. The molecular weight excluding hydrogens is 308 g/mol. The van der Waals surface area contributed by atoms with Crippen LogP contribution < -0.4 is 5.32 Å². The van der Waals surface area contributed by atoms with Crippen LogP contribution in [-0.2, 0) is 11.3 Å². The van der Waals surface area contributed by atoms with Crippen LogP contribution in [0.25, 0.3) is 10.9 Å². The number of anilines is 1. The van der Waals surface area contributed by atoms with Crippen molar-refractivity contribution < 1.29 is 14.1 Å². The van der Waals surface area contributed by atoms with Gasteiger partial charge in [-0.05, 0) is 26.8 Å². The number of nitrogens with zero attached hydrogens (tertiary/aromatic N) is 3. The van der Waals surface area contributed by atoms with Crippen molar-refractivity contribution in [2.24, 2.45) is 0 Å². The molecule has 0 saturated carbocycles. The molecule has 0 unspecified atom stereocenters. The first kappa shape index (κ1) is 15.9. The topological polar surface area (TPSA) is 90.1 Å². The summed E-state index contributed by atoms with van der Waals surface area (Å²) in [6, 6.07) is 7.50. The number of carbonyl (C=O) groups is 1. The molecule has 7 heteroatoms. The lowest BCUT2D eigenvalue weighted by Crippen LogP contribution is -2.14. The maximum atomic E-state index is 12.2. The van der Waals surface area contributed by atoms with E-state index in [1.165, 1.54) is 0 Å². The molecule has 124 valence electrons. The molecule has 0 amide bonds. The Bertz CT molecular complexity index is 869. The Kier molecular flexibility index (Phi) is 4.41. The Labute approximate surface area is 139 Å². The Hall–Kier alpha value is -2.96. The normalized spacial score (nSPS) is 10.8. The van der Waals surface area contributed by atoms with E-state index in [4.69, 9.17) is 9.26 Å². The van der Waals surface area contributed by atoms with Crippen molar-refractivity contribution in [1.82, 2.24) is 15.4 Å². The van der Waals surface area contributed by atoms with E-state index in [2.05, 4.69) is 20.7 Å². The van der Waals surface area contributed by atoms with Gasteiger partial charge in [0.25, 0.3) is 0 Å². The fraction of sp³-hybridized carbons (Fsp3) is 0.294. The molecule has 0 bridgehead atoms. The highest BCUT2D eigenvalue weighted by Gasteiger charge is 2.19. The van der Waals surface area contributed by atoms with E-state index in [9.17, 15) is 4.79 Å². The number of esters is 1. The van der Waals surface area contributed by atoms with E-state index in [0.29, 0.717) is 17.7 Å². The summed E-state index contributed by atoms with van der Waals surface area (Å²) < 4.78 is 10.3. The van der Waals surface area contributed by atoms with Crippen molar-refractivity contribution >= 4 is 22.6 Å². The third-order valence-corrected chi connectivity index (χ3v) is 3.76. The van der Waals surface area contributed by atoms with Gasteiger partial charge < -0.3 is 14.6 Å². The number of aryl methyl sites for hydroxylation is 2. The predicted octanol–water partition coefficient (Wildman–Crippen LogP) is 3.02. The lowest BCUT2D eigenvalue weighted by atomic mass is 10.1. The Morgan fingerprint density at radius 2 is 2.04 bits per heavy atom. The molecule has 2 aromatic heterocycles. The highest BCUT2D eigenvalue weighted by Crippen LogP contribution is 2.26. The molecule has 1 aromatic carbocycles. The predicted molar refractivity (Wildman–Crippen MR) is 88.8 cm³/mol. The molecule has 0 saturated heterocycles. The number of ether oxygens (including phenoxy) is 1. The van der Waals surface area contributed by atoms with Gasteiger partial charge in [-0.1, -0.05) is 23.4 Å². The fourth-order valence-electron chi connectivity index (χ4n) is 2.51. The fourth-order valence-corrected chi connectivity index (χ4v) is 2.51. The van der Waals surface area contributed by atoms with E-state index >= 15 is 0 Å². The molecule has 1 N–H and O–H groups in total. The van der Waals surface area contributed by atoms with Crippen LogP contribution in [0.5, 0.6) is 0 Å². The van der Waals surface area contributed by atoms with Gasteiger partial charge in [-0.2, -0.15) is 0 Å². The first-order chi connectivity index (χ1) is 11.6. The monoisotopic (exact) mass is 326 g/mol. The second-order valence-corrected chi connectivity index (χ2v) is 5.32. The number of nitrogens with one attached hydrogen (secondary N) is 1.